The molecule has 1 atom stereocenters. The third-order valence-electron chi connectivity index (χ3n) is 3.99. The van der Waals surface area contributed by atoms with Gasteiger partial charge in [-0.2, -0.15) is 5.10 Å². The third-order valence-corrected chi connectivity index (χ3v) is 3.99. The molecule has 1 aromatic carbocycles. The standard InChI is InChI=1S/C19H26N4O3/c1-13(2)17(19(25)20-9-10-23-12-14(3)11-21-23)22-18(24)15-5-7-16(26-4)8-6-15/h5-8,11-13,17H,9-10H2,1-4H3,(H,20,25)(H,22,24). The lowest BCUT2D eigenvalue weighted by Gasteiger charge is -2.22. The van der Waals surface area contributed by atoms with Crippen LogP contribution in [0.3, 0.4) is 0 Å². The van der Waals surface area contributed by atoms with Crippen molar-refractivity contribution in [2.45, 2.75) is 33.4 Å². The largest absolute Gasteiger partial charge is 0.497 e. The van der Waals surface area contributed by atoms with Crippen molar-refractivity contribution in [2.24, 2.45) is 5.92 Å². The molecular weight excluding hydrogens is 332 g/mol. The average molecular weight is 358 g/mol. The number of rotatable bonds is 8. The maximum absolute atomic E-state index is 12.5. The molecule has 140 valence electrons. The first kappa shape index (κ1) is 19.5. The van der Waals surface area contributed by atoms with Gasteiger partial charge >= 0.3 is 0 Å². The maximum atomic E-state index is 12.5. The average Bonchev–Trinajstić information content (AvgIpc) is 3.04. The Morgan fingerprint density at radius 3 is 2.46 bits per heavy atom. The van der Waals surface area contributed by atoms with Gasteiger partial charge in [0, 0.05) is 18.3 Å². The van der Waals surface area contributed by atoms with Gasteiger partial charge in [-0.3, -0.25) is 14.3 Å². The van der Waals surface area contributed by atoms with Crippen molar-refractivity contribution >= 4 is 11.8 Å². The summed E-state index contributed by atoms with van der Waals surface area (Å²) in [7, 11) is 1.57. The fourth-order valence-corrected chi connectivity index (χ4v) is 2.49. The van der Waals surface area contributed by atoms with Crippen LogP contribution in [0.4, 0.5) is 0 Å². The molecule has 0 aliphatic carbocycles. The number of hydrogen-bond donors (Lipinski definition) is 2. The monoisotopic (exact) mass is 358 g/mol. The van der Waals surface area contributed by atoms with Crippen LogP contribution in [0, 0.1) is 12.8 Å². The molecule has 7 heteroatoms. The lowest BCUT2D eigenvalue weighted by Crippen LogP contribution is -2.50. The lowest BCUT2D eigenvalue weighted by molar-refractivity contribution is -0.123. The van der Waals surface area contributed by atoms with Gasteiger partial charge in [-0.05, 0) is 42.7 Å². The Bertz CT molecular complexity index is 737. The second-order valence-electron chi connectivity index (χ2n) is 6.50. The van der Waals surface area contributed by atoms with Crippen LogP contribution >= 0.6 is 0 Å². The van der Waals surface area contributed by atoms with Gasteiger partial charge in [0.15, 0.2) is 0 Å². The van der Waals surface area contributed by atoms with E-state index in [2.05, 4.69) is 15.7 Å². The number of aryl methyl sites for hydroxylation is 1. The number of hydrogen-bond acceptors (Lipinski definition) is 4. The fourth-order valence-electron chi connectivity index (χ4n) is 2.49. The Balaban J connectivity index is 1.91. The number of ether oxygens (including phenoxy) is 1. The van der Waals surface area contributed by atoms with Crippen LogP contribution in [0.15, 0.2) is 36.7 Å². The fraction of sp³-hybridized carbons (Fsp3) is 0.421. The normalized spacial score (nSPS) is 11.9. The predicted octanol–water partition coefficient (Wildman–Crippen LogP) is 1.77. The highest BCUT2D eigenvalue weighted by Crippen LogP contribution is 2.12. The highest BCUT2D eigenvalue weighted by Gasteiger charge is 2.24. The molecule has 1 aromatic heterocycles. The van der Waals surface area contributed by atoms with Crippen molar-refractivity contribution in [3.63, 3.8) is 0 Å². The molecule has 2 amide bonds. The van der Waals surface area contributed by atoms with Gasteiger partial charge in [0.2, 0.25) is 5.91 Å². The van der Waals surface area contributed by atoms with Gasteiger partial charge in [-0.1, -0.05) is 13.8 Å². The van der Waals surface area contributed by atoms with Crippen molar-refractivity contribution in [1.29, 1.82) is 0 Å². The molecule has 0 fully saturated rings. The first-order valence-electron chi connectivity index (χ1n) is 8.62. The van der Waals surface area contributed by atoms with E-state index in [1.54, 1.807) is 42.3 Å². The minimum Gasteiger partial charge on any atom is -0.497 e. The van der Waals surface area contributed by atoms with Crippen molar-refractivity contribution in [3.05, 3.63) is 47.8 Å². The zero-order valence-corrected chi connectivity index (χ0v) is 15.7. The van der Waals surface area contributed by atoms with E-state index in [0.29, 0.717) is 24.4 Å². The van der Waals surface area contributed by atoms with Gasteiger partial charge in [-0.25, -0.2) is 0 Å². The number of nitrogens with zero attached hydrogens (tertiary/aromatic N) is 2. The first-order valence-corrected chi connectivity index (χ1v) is 8.62. The van der Waals surface area contributed by atoms with E-state index in [-0.39, 0.29) is 17.7 Å². The minimum absolute atomic E-state index is 0.0378. The van der Waals surface area contributed by atoms with Crippen molar-refractivity contribution in [2.75, 3.05) is 13.7 Å². The smallest absolute Gasteiger partial charge is 0.251 e. The van der Waals surface area contributed by atoms with Crippen LogP contribution < -0.4 is 15.4 Å². The third kappa shape index (κ3) is 5.34. The Morgan fingerprint density at radius 1 is 1.23 bits per heavy atom. The van der Waals surface area contributed by atoms with Crippen molar-refractivity contribution in [1.82, 2.24) is 20.4 Å². The van der Waals surface area contributed by atoms with Crippen LogP contribution in [0.2, 0.25) is 0 Å². The Morgan fingerprint density at radius 2 is 1.92 bits per heavy atom. The number of carbonyl (C=O) groups excluding carboxylic acids is 2. The van der Waals surface area contributed by atoms with E-state index in [4.69, 9.17) is 4.74 Å². The molecule has 1 unspecified atom stereocenters. The summed E-state index contributed by atoms with van der Waals surface area (Å²) in [4.78, 5) is 24.9. The van der Waals surface area contributed by atoms with Gasteiger partial charge < -0.3 is 15.4 Å². The minimum atomic E-state index is -0.607. The molecule has 1 heterocycles. The summed E-state index contributed by atoms with van der Waals surface area (Å²) >= 11 is 0. The summed E-state index contributed by atoms with van der Waals surface area (Å²) in [6.07, 6.45) is 3.69. The summed E-state index contributed by atoms with van der Waals surface area (Å²) in [6.45, 7) is 6.79. The van der Waals surface area contributed by atoms with Crippen LogP contribution in [-0.2, 0) is 11.3 Å². The Labute approximate surface area is 153 Å². The van der Waals surface area contributed by atoms with Crippen LogP contribution in [-0.4, -0.2) is 41.3 Å². The Hall–Kier alpha value is -2.83. The molecule has 0 saturated carbocycles. The molecule has 0 aliphatic rings. The number of benzene rings is 1. The van der Waals surface area contributed by atoms with E-state index in [0.717, 1.165) is 5.56 Å². The van der Waals surface area contributed by atoms with E-state index in [1.807, 2.05) is 27.0 Å². The molecule has 7 nitrogen and oxygen atoms in total. The molecule has 0 saturated heterocycles. The summed E-state index contributed by atoms with van der Waals surface area (Å²) in [5.41, 5.74) is 1.56. The Kier molecular flexibility index (Phi) is 6.77. The quantitative estimate of drug-likeness (QED) is 0.753. The highest BCUT2D eigenvalue weighted by atomic mass is 16.5. The second-order valence-corrected chi connectivity index (χ2v) is 6.50. The zero-order valence-electron chi connectivity index (χ0n) is 15.7. The number of aromatic nitrogens is 2. The molecule has 0 bridgehead atoms. The van der Waals surface area contributed by atoms with E-state index in [9.17, 15) is 9.59 Å². The highest BCUT2D eigenvalue weighted by molar-refractivity contribution is 5.97. The molecule has 2 rings (SSSR count). The summed E-state index contributed by atoms with van der Waals surface area (Å²) in [5, 5.41) is 9.85. The molecule has 0 aliphatic heterocycles. The summed E-state index contributed by atoms with van der Waals surface area (Å²) < 4.78 is 6.86. The van der Waals surface area contributed by atoms with E-state index >= 15 is 0 Å². The molecule has 0 radical (unpaired) electrons. The van der Waals surface area contributed by atoms with Gasteiger partial charge in [0.05, 0.1) is 19.9 Å². The molecule has 2 aromatic rings. The van der Waals surface area contributed by atoms with Crippen LogP contribution in [0.5, 0.6) is 5.75 Å². The molecule has 0 spiro atoms. The predicted molar refractivity (Wildman–Crippen MR) is 99.1 cm³/mol. The number of amides is 2. The van der Waals surface area contributed by atoms with Crippen molar-refractivity contribution < 1.29 is 14.3 Å². The zero-order chi connectivity index (χ0) is 19.1. The first-order chi connectivity index (χ1) is 12.4. The topological polar surface area (TPSA) is 85.2 Å². The van der Waals surface area contributed by atoms with Gasteiger partial charge in [0.25, 0.3) is 5.91 Å². The number of carbonyl (C=O) groups is 2. The summed E-state index contributed by atoms with van der Waals surface area (Å²) in [5.74, 6) is 0.146. The molecular formula is C19H26N4O3. The lowest BCUT2D eigenvalue weighted by atomic mass is 10.0. The number of nitrogens with one attached hydrogen (secondary N) is 2. The van der Waals surface area contributed by atoms with Crippen LogP contribution in [0.25, 0.3) is 0 Å². The second kappa shape index (κ2) is 9.03. The number of methoxy groups -OCH3 is 1. The van der Waals surface area contributed by atoms with Crippen LogP contribution in [0.1, 0.15) is 29.8 Å². The SMILES string of the molecule is COc1ccc(C(=O)NC(C(=O)NCCn2cc(C)cn2)C(C)C)cc1. The van der Waals surface area contributed by atoms with E-state index < -0.39 is 6.04 Å². The van der Waals surface area contributed by atoms with Gasteiger partial charge in [-0.15, -0.1) is 0 Å². The van der Waals surface area contributed by atoms with Crippen molar-refractivity contribution in [3.8, 4) is 5.75 Å². The maximum Gasteiger partial charge on any atom is 0.251 e. The molecule has 2 N–H and O–H groups in total. The molecule has 26 heavy (non-hydrogen) atoms. The van der Waals surface area contributed by atoms with Gasteiger partial charge in [0.1, 0.15) is 11.8 Å². The summed E-state index contributed by atoms with van der Waals surface area (Å²) in [6, 6.07) is 6.16. The van der Waals surface area contributed by atoms with E-state index in [1.165, 1.54) is 0 Å².